The zero-order chi connectivity index (χ0) is 10.1. The van der Waals surface area contributed by atoms with Crippen LogP contribution < -0.4 is 5.73 Å². The van der Waals surface area contributed by atoms with Crippen LogP contribution in [0.5, 0.6) is 0 Å². The molecule has 3 nitrogen and oxygen atoms in total. The fourth-order valence-corrected chi connectivity index (χ4v) is 1.48. The lowest BCUT2D eigenvalue weighted by atomic mass is 10.3. The summed E-state index contributed by atoms with van der Waals surface area (Å²) in [6, 6.07) is 5.22. The fraction of sp³-hybridized carbons (Fsp3) is 0. The monoisotopic (exact) mass is 227 g/mol. The largest absolute Gasteiger partial charge is 0.397 e. The van der Waals surface area contributed by atoms with Crippen molar-refractivity contribution in [3.63, 3.8) is 0 Å². The van der Waals surface area contributed by atoms with Crippen molar-refractivity contribution in [2.45, 2.75) is 0 Å². The topological polar surface area (TPSA) is 43.8 Å². The van der Waals surface area contributed by atoms with Crippen LogP contribution in [-0.4, -0.2) is 9.78 Å². The van der Waals surface area contributed by atoms with E-state index in [0.717, 1.165) is 5.69 Å². The molecule has 5 heteroatoms. The number of anilines is 1. The van der Waals surface area contributed by atoms with Gasteiger partial charge in [0.25, 0.3) is 0 Å². The molecule has 14 heavy (non-hydrogen) atoms. The number of hydrogen-bond donors (Lipinski definition) is 1. The average molecular weight is 228 g/mol. The van der Waals surface area contributed by atoms with Gasteiger partial charge in [-0.05, 0) is 18.2 Å². The van der Waals surface area contributed by atoms with Gasteiger partial charge in [0.15, 0.2) is 0 Å². The Labute approximate surface area is 91.0 Å². The molecule has 0 saturated carbocycles. The van der Waals surface area contributed by atoms with Crippen LogP contribution in [0.25, 0.3) is 5.69 Å². The highest BCUT2D eigenvalue weighted by Gasteiger charge is 2.03. The number of nitrogens with zero attached hydrogens (tertiary/aromatic N) is 2. The van der Waals surface area contributed by atoms with E-state index in [1.165, 1.54) is 0 Å². The minimum atomic E-state index is 0.567. The van der Waals surface area contributed by atoms with E-state index in [9.17, 15) is 0 Å². The summed E-state index contributed by atoms with van der Waals surface area (Å²) in [7, 11) is 0. The van der Waals surface area contributed by atoms with Crippen molar-refractivity contribution in [2.24, 2.45) is 0 Å². The molecule has 2 aromatic rings. The van der Waals surface area contributed by atoms with Gasteiger partial charge in [-0.3, -0.25) is 0 Å². The van der Waals surface area contributed by atoms with Crippen LogP contribution in [0.1, 0.15) is 0 Å². The summed E-state index contributed by atoms with van der Waals surface area (Å²) in [6.07, 6.45) is 3.23. The third kappa shape index (κ3) is 1.69. The van der Waals surface area contributed by atoms with E-state index in [1.54, 1.807) is 35.3 Å². The predicted octanol–water partition coefficient (Wildman–Crippen LogP) is 2.76. The van der Waals surface area contributed by atoms with E-state index < -0.39 is 0 Å². The molecule has 0 fully saturated rings. The van der Waals surface area contributed by atoms with E-state index in [2.05, 4.69) is 5.10 Å². The van der Waals surface area contributed by atoms with Crippen molar-refractivity contribution in [2.75, 3.05) is 5.73 Å². The standard InChI is InChI=1S/C9H7Cl2N3/c10-6-1-2-9(8(12)3-6)14-5-7(11)4-13-14/h1-5H,12H2. The van der Waals surface area contributed by atoms with Gasteiger partial charge in [0, 0.05) is 11.2 Å². The van der Waals surface area contributed by atoms with Gasteiger partial charge in [0.1, 0.15) is 0 Å². The lowest BCUT2D eigenvalue weighted by molar-refractivity contribution is 0.883. The quantitative estimate of drug-likeness (QED) is 0.762. The molecule has 0 aliphatic rings. The number of benzene rings is 1. The smallest absolute Gasteiger partial charge is 0.0876 e. The van der Waals surface area contributed by atoms with Gasteiger partial charge in [-0.1, -0.05) is 23.2 Å². The number of rotatable bonds is 1. The van der Waals surface area contributed by atoms with E-state index in [-0.39, 0.29) is 0 Å². The first kappa shape index (κ1) is 9.37. The normalized spacial score (nSPS) is 10.4. The second-order valence-corrected chi connectivity index (χ2v) is 3.68. The Balaban J connectivity index is 2.52. The second-order valence-electron chi connectivity index (χ2n) is 2.81. The highest BCUT2D eigenvalue weighted by Crippen LogP contribution is 2.22. The zero-order valence-corrected chi connectivity index (χ0v) is 8.63. The number of halogens is 2. The summed E-state index contributed by atoms with van der Waals surface area (Å²) in [6.45, 7) is 0. The summed E-state index contributed by atoms with van der Waals surface area (Å²) in [5, 5.41) is 5.21. The maximum absolute atomic E-state index is 5.77. The first-order chi connectivity index (χ1) is 6.66. The van der Waals surface area contributed by atoms with Gasteiger partial charge in [-0.2, -0.15) is 5.10 Å². The number of hydrogen-bond acceptors (Lipinski definition) is 2. The molecule has 0 bridgehead atoms. The van der Waals surface area contributed by atoms with Crippen LogP contribution in [-0.2, 0) is 0 Å². The van der Waals surface area contributed by atoms with Gasteiger partial charge in [-0.15, -0.1) is 0 Å². The molecule has 0 saturated heterocycles. The molecule has 0 atom stereocenters. The maximum atomic E-state index is 5.77. The summed E-state index contributed by atoms with van der Waals surface area (Å²) in [5.74, 6) is 0. The molecule has 1 heterocycles. The van der Waals surface area contributed by atoms with Crippen LogP contribution in [0.2, 0.25) is 10.0 Å². The van der Waals surface area contributed by atoms with Gasteiger partial charge >= 0.3 is 0 Å². The first-order valence-electron chi connectivity index (χ1n) is 3.92. The molecular formula is C9H7Cl2N3. The van der Waals surface area contributed by atoms with Crippen molar-refractivity contribution in [1.82, 2.24) is 9.78 Å². The van der Waals surface area contributed by atoms with Crippen LogP contribution in [0, 0.1) is 0 Å². The molecule has 0 unspecified atom stereocenters. The van der Waals surface area contributed by atoms with Gasteiger partial charge in [0.2, 0.25) is 0 Å². The van der Waals surface area contributed by atoms with Crippen LogP contribution >= 0.6 is 23.2 Å². The van der Waals surface area contributed by atoms with Crippen LogP contribution in [0.3, 0.4) is 0 Å². The molecule has 2 rings (SSSR count). The molecular weight excluding hydrogens is 221 g/mol. The van der Waals surface area contributed by atoms with Crippen molar-refractivity contribution >= 4 is 28.9 Å². The summed E-state index contributed by atoms with van der Waals surface area (Å²) in [5.41, 5.74) is 7.11. The molecule has 1 aromatic carbocycles. The second kappa shape index (κ2) is 3.52. The van der Waals surface area contributed by atoms with Gasteiger partial charge in [-0.25, -0.2) is 4.68 Å². The zero-order valence-electron chi connectivity index (χ0n) is 7.11. The number of nitrogen functional groups attached to an aromatic ring is 1. The van der Waals surface area contributed by atoms with Gasteiger partial charge < -0.3 is 5.73 Å². The summed E-state index contributed by atoms with van der Waals surface area (Å²) >= 11 is 11.5. The Morgan fingerprint density at radius 3 is 2.57 bits per heavy atom. The SMILES string of the molecule is Nc1cc(Cl)ccc1-n1cc(Cl)cn1. The summed E-state index contributed by atoms with van der Waals surface area (Å²) < 4.78 is 1.61. The lowest BCUT2D eigenvalue weighted by Gasteiger charge is -2.04. The number of nitrogens with two attached hydrogens (primary N) is 1. The maximum Gasteiger partial charge on any atom is 0.0876 e. The highest BCUT2D eigenvalue weighted by atomic mass is 35.5. The minimum Gasteiger partial charge on any atom is -0.397 e. The molecule has 2 N–H and O–H groups in total. The lowest BCUT2D eigenvalue weighted by Crippen LogP contribution is -1.99. The highest BCUT2D eigenvalue weighted by molar-refractivity contribution is 6.31. The Morgan fingerprint density at radius 1 is 1.21 bits per heavy atom. The van der Waals surface area contributed by atoms with Crippen LogP contribution in [0.15, 0.2) is 30.6 Å². The van der Waals surface area contributed by atoms with E-state index in [1.807, 2.05) is 0 Å². The molecule has 1 aromatic heterocycles. The predicted molar refractivity (Wildman–Crippen MR) is 58.0 cm³/mol. The third-order valence-electron chi connectivity index (χ3n) is 1.79. The van der Waals surface area contributed by atoms with Crippen molar-refractivity contribution in [1.29, 1.82) is 0 Å². The molecule has 72 valence electrons. The van der Waals surface area contributed by atoms with Gasteiger partial charge in [0.05, 0.1) is 22.6 Å². The number of aromatic nitrogens is 2. The van der Waals surface area contributed by atoms with Crippen molar-refractivity contribution in [3.8, 4) is 5.69 Å². The van der Waals surface area contributed by atoms with Crippen molar-refractivity contribution in [3.05, 3.63) is 40.6 Å². The molecule has 0 spiro atoms. The average Bonchev–Trinajstić information content (AvgIpc) is 2.51. The minimum absolute atomic E-state index is 0.567. The molecule has 0 amide bonds. The van der Waals surface area contributed by atoms with E-state index in [0.29, 0.717) is 15.7 Å². The Kier molecular flexibility index (Phi) is 2.35. The Bertz CT molecular complexity index is 465. The first-order valence-corrected chi connectivity index (χ1v) is 4.68. The van der Waals surface area contributed by atoms with Crippen LogP contribution in [0.4, 0.5) is 5.69 Å². The Hall–Kier alpha value is -1.19. The van der Waals surface area contributed by atoms with E-state index in [4.69, 9.17) is 28.9 Å². The molecule has 0 aliphatic carbocycles. The molecule has 0 radical (unpaired) electrons. The third-order valence-corrected chi connectivity index (χ3v) is 2.22. The van der Waals surface area contributed by atoms with Crippen molar-refractivity contribution < 1.29 is 0 Å². The van der Waals surface area contributed by atoms with E-state index >= 15 is 0 Å². The summed E-state index contributed by atoms with van der Waals surface area (Å²) in [4.78, 5) is 0. The Morgan fingerprint density at radius 2 is 2.00 bits per heavy atom. The fourth-order valence-electron chi connectivity index (χ4n) is 1.17. The molecule has 0 aliphatic heterocycles.